The molecule has 0 saturated carbocycles. The van der Waals surface area contributed by atoms with Gasteiger partial charge in [-0.1, -0.05) is 0 Å². The molecule has 2 unspecified atom stereocenters. The summed E-state index contributed by atoms with van der Waals surface area (Å²) in [5.74, 6) is -0.455. The molecule has 0 amide bonds. The second-order valence-corrected chi connectivity index (χ2v) is 8.00. The number of rotatable bonds is 12. The molecule has 0 saturated heterocycles. The van der Waals surface area contributed by atoms with Gasteiger partial charge in [-0.05, 0) is 0 Å². The number of ketones is 2. The Morgan fingerprint density at radius 3 is 1.63 bits per heavy atom. The van der Waals surface area contributed by atoms with Crippen molar-refractivity contribution in [2.24, 2.45) is 11.5 Å². The van der Waals surface area contributed by atoms with E-state index in [9.17, 15) is 9.59 Å². The first kappa shape index (κ1) is 21.9. The van der Waals surface area contributed by atoms with E-state index in [4.69, 9.17) is 34.7 Å². The van der Waals surface area contributed by atoms with Crippen molar-refractivity contribution in [2.75, 3.05) is 11.8 Å². The number of carbonyl (C=O) groups is 2. The second-order valence-electron chi connectivity index (χ2n) is 5.97. The van der Waals surface area contributed by atoms with Gasteiger partial charge in [-0.2, -0.15) is 0 Å². The molecule has 8 nitrogen and oxygen atoms in total. The fourth-order valence-electron chi connectivity index (χ4n) is 2.49. The molecule has 4 atom stereocenters. The molecule has 0 aromatic carbocycles. The summed E-state index contributed by atoms with van der Waals surface area (Å²) in [6.45, 7) is 0. The maximum atomic E-state index is 12.6. The van der Waals surface area contributed by atoms with Crippen LogP contribution >= 0.6 is 35.0 Å². The highest BCUT2D eigenvalue weighted by molar-refractivity contribution is 8.02. The summed E-state index contributed by atoms with van der Waals surface area (Å²) in [4.78, 5) is 39.0. The Labute approximate surface area is 171 Å². The first-order chi connectivity index (χ1) is 13.0. The average Bonchev–Trinajstić information content (AvgIpc) is 3.35. The van der Waals surface area contributed by atoms with Gasteiger partial charge in [-0.15, -0.1) is 35.0 Å². The number of thioether (sulfide) groups is 1. The van der Waals surface area contributed by atoms with E-state index in [0.717, 1.165) is 11.8 Å². The van der Waals surface area contributed by atoms with Crippen LogP contribution in [0.5, 0.6) is 0 Å². The summed E-state index contributed by atoms with van der Waals surface area (Å²) in [7, 11) is 0. The van der Waals surface area contributed by atoms with Gasteiger partial charge in [0.1, 0.15) is 0 Å². The standard InChI is InChI=1S/C16H22Cl2N6O2S/c17-3-13(15(25)11(19)1-9-5-21-7-23-9)27-14(4-18)16(26)12(20)2-10-6-22-8-24-10/h5-8,11-14H,1-4,19-20H2,(H,21,23)(H,22,24)/t11-,12-,13?,14?/m0/s1. The number of nitrogens with one attached hydrogen (secondary N) is 2. The Hall–Kier alpha value is -1.39. The number of carbonyl (C=O) groups excluding carboxylic acids is 2. The van der Waals surface area contributed by atoms with Gasteiger partial charge in [0.25, 0.3) is 0 Å². The molecule has 11 heteroatoms. The van der Waals surface area contributed by atoms with Crippen LogP contribution in [0, 0.1) is 0 Å². The van der Waals surface area contributed by atoms with E-state index < -0.39 is 22.6 Å². The lowest BCUT2D eigenvalue weighted by Gasteiger charge is -2.23. The van der Waals surface area contributed by atoms with Crippen LogP contribution in [0.15, 0.2) is 25.0 Å². The van der Waals surface area contributed by atoms with Crippen molar-refractivity contribution in [3.8, 4) is 0 Å². The molecule has 2 aromatic rings. The van der Waals surface area contributed by atoms with Crippen molar-refractivity contribution >= 4 is 46.5 Å². The van der Waals surface area contributed by atoms with E-state index in [0.29, 0.717) is 11.4 Å². The quantitative estimate of drug-likeness (QED) is 0.360. The molecule has 0 aliphatic rings. The van der Waals surface area contributed by atoms with Gasteiger partial charge < -0.3 is 21.4 Å². The smallest absolute Gasteiger partial charge is 0.164 e. The molecular weight excluding hydrogens is 411 g/mol. The molecule has 0 aliphatic carbocycles. The number of nitrogens with zero attached hydrogens (tertiary/aromatic N) is 2. The first-order valence-corrected chi connectivity index (χ1v) is 10.3. The fraction of sp³-hybridized carbons (Fsp3) is 0.500. The summed E-state index contributed by atoms with van der Waals surface area (Å²) in [5, 5.41) is -1.32. The number of nitrogens with two attached hydrogens (primary N) is 2. The second kappa shape index (κ2) is 10.8. The Morgan fingerprint density at radius 1 is 0.926 bits per heavy atom. The minimum Gasteiger partial charge on any atom is -0.351 e. The average molecular weight is 433 g/mol. The van der Waals surface area contributed by atoms with Crippen LogP contribution in [0.1, 0.15) is 11.4 Å². The number of H-pyrrole nitrogens is 2. The van der Waals surface area contributed by atoms with Crippen LogP contribution in [-0.2, 0) is 22.4 Å². The van der Waals surface area contributed by atoms with Crippen LogP contribution in [0.4, 0.5) is 0 Å². The number of imidazole rings is 2. The maximum Gasteiger partial charge on any atom is 0.164 e. The molecule has 148 valence electrons. The molecule has 0 bridgehead atoms. The van der Waals surface area contributed by atoms with Crippen LogP contribution in [0.3, 0.4) is 0 Å². The van der Waals surface area contributed by atoms with Crippen LogP contribution in [-0.4, -0.2) is 65.8 Å². The summed E-state index contributed by atoms with van der Waals surface area (Å²) in [6.07, 6.45) is 6.96. The highest BCUT2D eigenvalue weighted by Crippen LogP contribution is 2.24. The monoisotopic (exact) mass is 432 g/mol. The summed E-state index contributed by atoms with van der Waals surface area (Å²) in [5.41, 5.74) is 13.4. The fourth-order valence-corrected chi connectivity index (χ4v) is 4.39. The van der Waals surface area contributed by atoms with Crippen LogP contribution < -0.4 is 11.5 Å². The third-order valence-corrected chi connectivity index (χ3v) is 6.38. The van der Waals surface area contributed by atoms with E-state index in [1.54, 1.807) is 12.4 Å². The van der Waals surface area contributed by atoms with Crippen molar-refractivity contribution in [1.82, 2.24) is 19.9 Å². The number of halogens is 2. The predicted octanol–water partition coefficient (Wildman–Crippen LogP) is 0.659. The minimum absolute atomic E-state index is 0.0209. The normalized spacial score (nSPS) is 15.9. The lowest BCUT2D eigenvalue weighted by Crippen LogP contribution is -2.44. The Kier molecular flexibility index (Phi) is 8.78. The number of aromatic nitrogens is 4. The molecule has 0 aliphatic heterocycles. The maximum absolute atomic E-state index is 12.6. The lowest BCUT2D eigenvalue weighted by atomic mass is 10.1. The Morgan fingerprint density at radius 2 is 1.33 bits per heavy atom. The molecule has 0 spiro atoms. The first-order valence-electron chi connectivity index (χ1n) is 8.27. The molecule has 2 aromatic heterocycles. The van der Waals surface area contributed by atoms with Crippen molar-refractivity contribution < 1.29 is 9.59 Å². The lowest BCUT2D eigenvalue weighted by molar-refractivity contribution is -0.119. The van der Waals surface area contributed by atoms with Crippen molar-refractivity contribution in [2.45, 2.75) is 35.4 Å². The van der Waals surface area contributed by atoms with Gasteiger partial charge in [0, 0.05) is 37.0 Å². The molecule has 2 rings (SSSR count). The molecule has 27 heavy (non-hydrogen) atoms. The van der Waals surface area contributed by atoms with Gasteiger partial charge in [0.2, 0.25) is 0 Å². The van der Waals surface area contributed by atoms with E-state index >= 15 is 0 Å². The van der Waals surface area contributed by atoms with Crippen LogP contribution in [0.2, 0.25) is 0 Å². The van der Waals surface area contributed by atoms with E-state index in [1.807, 2.05) is 0 Å². The van der Waals surface area contributed by atoms with Crippen molar-refractivity contribution in [3.05, 3.63) is 36.4 Å². The van der Waals surface area contributed by atoms with Gasteiger partial charge >= 0.3 is 0 Å². The van der Waals surface area contributed by atoms with Crippen LogP contribution in [0.25, 0.3) is 0 Å². The summed E-state index contributed by atoms with van der Waals surface area (Å²) < 4.78 is 0. The molecule has 2 heterocycles. The van der Waals surface area contributed by atoms with Crippen molar-refractivity contribution in [3.63, 3.8) is 0 Å². The zero-order valence-corrected chi connectivity index (χ0v) is 16.8. The van der Waals surface area contributed by atoms with Gasteiger partial charge in [-0.3, -0.25) is 9.59 Å². The molecular formula is C16H22Cl2N6O2S. The highest BCUT2D eigenvalue weighted by Gasteiger charge is 2.32. The molecule has 6 N–H and O–H groups in total. The number of hydrogen-bond acceptors (Lipinski definition) is 7. The zero-order chi connectivity index (χ0) is 19.8. The zero-order valence-electron chi connectivity index (χ0n) is 14.5. The SMILES string of the molecule is N[C@@H](Cc1c[nH]cn1)C(=O)C(CCl)SC(CCl)C(=O)[C@@H](N)Cc1c[nH]cn1. The van der Waals surface area contributed by atoms with Gasteiger partial charge in [0.05, 0.1) is 46.6 Å². The number of Topliss-reactive ketones (excluding diaryl/α,β-unsaturated/α-hetero) is 2. The van der Waals surface area contributed by atoms with Crippen molar-refractivity contribution in [1.29, 1.82) is 0 Å². The van der Waals surface area contributed by atoms with Gasteiger partial charge in [0.15, 0.2) is 11.6 Å². The largest absolute Gasteiger partial charge is 0.351 e. The number of alkyl halides is 2. The Bertz CT molecular complexity index is 652. The van der Waals surface area contributed by atoms with Gasteiger partial charge in [-0.25, -0.2) is 9.97 Å². The highest BCUT2D eigenvalue weighted by atomic mass is 35.5. The molecule has 0 radical (unpaired) electrons. The number of aromatic amines is 2. The predicted molar refractivity (Wildman–Crippen MR) is 107 cm³/mol. The van der Waals surface area contributed by atoms with E-state index in [2.05, 4.69) is 19.9 Å². The minimum atomic E-state index is -0.770. The third-order valence-electron chi connectivity index (χ3n) is 3.94. The summed E-state index contributed by atoms with van der Waals surface area (Å²) >= 11 is 13.0. The third kappa shape index (κ3) is 6.32. The topological polar surface area (TPSA) is 144 Å². The molecule has 0 fully saturated rings. The van der Waals surface area contributed by atoms with E-state index in [1.165, 1.54) is 12.7 Å². The van der Waals surface area contributed by atoms with E-state index in [-0.39, 0.29) is 36.2 Å². The number of hydrogen-bond donors (Lipinski definition) is 4. The Balaban J connectivity index is 1.96. The summed E-state index contributed by atoms with van der Waals surface area (Å²) in [6, 6.07) is -1.54.